The van der Waals surface area contributed by atoms with Crippen molar-refractivity contribution in [1.82, 2.24) is 0 Å². The Bertz CT molecular complexity index is 398. The van der Waals surface area contributed by atoms with Gasteiger partial charge in [0.15, 0.2) is 0 Å². The van der Waals surface area contributed by atoms with Crippen LogP contribution in [0.3, 0.4) is 0 Å². The normalized spacial score (nSPS) is 10.8. The molecule has 1 radical (unpaired) electrons. The van der Waals surface area contributed by atoms with Gasteiger partial charge < -0.3 is 0 Å². The fourth-order valence-corrected chi connectivity index (χ4v) is 2.10. The van der Waals surface area contributed by atoms with Crippen molar-refractivity contribution in [3.63, 3.8) is 0 Å². The summed E-state index contributed by atoms with van der Waals surface area (Å²) in [5, 5.41) is 5.91. The van der Waals surface area contributed by atoms with Crippen molar-refractivity contribution in [1.29, 1.82) is 0 Å². The Hall–Kier alpha value is -0.820. The lowest BCUT2D eigenvalue weighted by molar-refractivity contribution is 1.15. The largest absolute Gasteiger partial charge is 0.138 e. The number of benzene rings is 1. The van der Waals surface area contributed by atoms with E-state index in [1.54, 1.807) is 11.3 Å². The topological polar surface area (TPSA) is 0 Å². The molecule has 0 aliphatic rings. The van der Waals surface area contributed by atoms with E-state index in [9.17, 15) is 0 Å². The van der Waals surface area contributed by atoms with Crippen LogP contribution in [0, 0.1) is 12.3 Å². The summed E-state index contributed by atoms with van der Waals surface area (Å²) in [7, 11) is 0. The molecular formula is C11H11S. The minimum absolute atomic E-state index is 1.12. The molecule has 1 heterocycles. The molecule has 61 valence electrons. The summed E-state index contributed by atoms with van der Waals surface area (Å²) in [6.45, 7) is 4.34. The fourth-order valence-electron chi connectivity index (χ4n) is 1.38. The summed E-state index contributed by atoms with van der Waals surface area (Å²) in [6.07, 6.45) is 1.12. The molecule has 0 saturated carbocycles. The Labute approximate surface area is 76.8 Å². The van der Waals surface area contributed by atoms with Crippen LogP contribution < -0.4 is 0 Å². The molecular weight excluding hydrogens is 164 g/mol. The summed E-state index contributed by atoms with van der Waals surface area (Å²) in [6, 6.07) is 6.63. The van der Waals surface area contributed by atoms with Gasteiger partial charge in [0.05, 0.1) is 5.38 Å². The molecule has 0 bridgehead atoms. The highest BCUT2D eigenvalue weighted by Gasteiger charge is 2.00. The SMILES string of the molecule is CCc1ccc2[c]sc(C)c2c1. The first-order chi connectivity index (χ1) is 5.81. The lowest BCUT2D eigenvalue weighted by Crippen LogP contribution is -1.78. The summed E-state index contributed by atoms with van der Waals surface area (Å²) >= 11 is 1.71. The van der Waals surface area contributed by atoms with Crippen molar-refractivity contribution in [3.8, 4) is 0 Å². The van der Waals surface area contributed by atoms with E-state index in [4.69, 9.17) is 0 Å². The van der Waals surface area contributed by atoms with Crippen molar-refractivity contribution in [2.24, 2.45) is 0 Å². The van der Waals surface area contributed by atoms with Crippen molar-refractivity contribution in [2.75, 3.05) is 0 Å². The fraction of sp³-hybridized carbons (Fsp3) is 0.273. The number of hydrogen-bond acceptors (Lipinski definition) is 1. The maximum absolute atomic E-state index is 3.28. The van der Waals surface area contributed by atoms with Gasteiger partial charge in [-0.2, -0.15) is 0 Å². The van der Waals surface area contributed by atoms with Crippen LogP contribution in [-0.4, -0.2) is 0 Å². The Kier molecular flexibility index (Phi) is 1.89. The van der Waals surface area contributed by atoms with E-state index < -0.39 is 0 Å². The first-order valence-electron chi connectivity index (χ1n) is 4.21. The Morgan fingerprint density at radius 1 is 1.42 bits per heavy atom. The predicted octanol–water partition coefficient (Wildman–Crippen LogP) is 3.57. The van der Waals surface area contributed by atoms with E-state index in [0.29, 0.717) is 0 Å². The Morgan fingerprint density at radius 3 is 3.00 bits per heavy atom. The molecule has 0 spiro atoms. The highest BCUT2D eigenvalue weighted by Crippen LogP contribution is 2.25. The minimum atomic E-state index is 1.12. The highest BCUT2D eigenvalue weighted by atomic mass is 32.1. The van der Waals surface area contributed by atoms with E-state index in [-0.39, 0.29) is 0 Å². The molecule has 1 aromatic carbocycles. The molecule has 0 atom stereocenters. The molecule has 0 amide bonds. The quantitative estimate of drug-likeness (QED) is 0.621. The maximum Gasteiger partial charge on any atom is 0.0530 e. The number of rotatable bonds is 1. The Morgan fingerprint density at radius 2 is 2.25 bits per heavy atom. The molecule has 0 aliphatic carbocycles. The van der Waals surface area contributed by atoms with E-state index in [2.05, 4.69) is 37.4 Å². The standard InChI is InChI=1S/C11H11S/c1-3-9-4-5-10-7-12-8(2)11(10)6-9/h4-6H,3H2,1-2H3. The number of hydrogen-bond donors (Lipinski definition) is 0. The molecule has 2 aromatic rings. The third kappa shape index (κ3) is 1.14. The van der Waals surface area contributed by atoms with Crippen LogP contribution in [0.4, 0.5) is 0 Å². The van der Waals surface area contributed by atoms with Crippen LogP contribution in [0.2, 0.25) is 0 Å². The number of thiophene rings is 1. The molecule has 0 nitrogen and oxygen atoms in total. The van der Waals surface area contributed by atoms with Crippen LogP contribution >= 0.6 is 11.3 Å². The van der Waals surface area contributed by atoms with Gasteiger partial charge in [-0.15, -0.1) is 11.3 Å². The molecule has 12 heavy (non-hydrogen) atoms. The minimum Gasteiger partial charge on any atom is -0.138 e. The molecule has 0 aliphatic heterocycles. The van der Waals surface area contributed by atoms with Crippen molar-refractivity contribution in [2.45, 2.75) is 20.3 Å². The van der Waals surface area contributed by atoms with Crippen LogP contribution in [-0.2, 0) is 6.42 Å². The van der Waals surface area contributed by atoms with Gasteiger partial charge in [0.1, 0.15) is 0 Å². The Balaban J connectivity index is 2.71. The molecule has 2 rings (SSSR count). The third-order valence-corrected chi connectivity index (χ3v) is 3.03. The first-order valence-corrected chi connectivity index (χ1v) is 5.02. The van der Waals surface area contributed by atoms with Crippen molar-refractivity contribution >= 4 is 22.1 Å². The zero-order valence-electron chi connectivity index (χ0n) is 7.35. The average Bonchev–Trinajstić information content (AvgIpc) is 2.47. The third-order valence-electron chi connectivity index (χ3n) is 2.19. The van der Waals surface area contributed by atoms with Crippen molar-refractivity contribution < 1.29 is 0 Å². The molecule has 0 fully saturated rings. The lowest BCUT2D eigenvalue weighted by Gasteiger charge is -1.96. The summed E-state index contributed by atoms with van der Waals surface area (Å²) in [4.78, 5) is 1.38. The van der Waals surface area contributed by atoms with Crippen molar-refractivity contribution in [3.05, 3.63) is 34.0 Å². The van der Waals surface area contributed by atoms with Crippen LogP contribution in [0.15, 0.2) is 18.2 Å². The van der Waals surface area contributed by atoms with E-state index in [1.807, 2.05) is 0 Å². The van der Waals surface area contributed by atoms with Gasteiger partial charge in [-0.25, -0.2) is 0 Å². The van der Waals surface area contributed by atoms with Gasteiger partial charge in [-0.1, -0.05) is 25.1 Å². The maximum atomic E-state index is 3.28. The highest BCUT2D eigenvalue weighted by molar-refractivity contribution is 7.11. The van der Waals surface area contributed by atoms with Gasteiger partial charge in [0, 0.05) is 10.3 Å². The first kappa shape index (κ1) is 7.81. The summed E-state index contributed by atoms with van der Waals surface area (Å²) in [5.74, 6) is 0. The lowest BCUT2D eigenvalue weighted by atomic mass is 10.1. The molecule has 0 N–H and O–H groups in total. The molecule has 0 unspecified atom stereocenters. The second kappa shape index (κ2) is 2.91. The molecule has 1 aromatic heterocycles. The van der Waals surface area contributed by atoms with Gasteiger partial charge >= 0.3 is 0 Å². The van der Waals surface area contributed by atoms with Crippen LogP contribution in [0.25, 0.3) is 10.8 Å². The van der Waals surface area contributed by atoms with Gasteiger partial charge in [-0.3, -0.25) is 0 Å². The van der Waals surface area contributed by atoms with Gasteiger partial charge in [0.25, 0.3) is 0 Å². The predicted molar refractivity (Wildman–Crippen MR) is 54.8 cm³/mol. The zero-order valence-corrected chi connectivity index (χ0v) is 8.16. The van der Waals surface area contributed by atoms with Crippen LogP contribution in [0.5, 0.6) is 0 Å². The second-order valence-electron chi connectivity index (χ2n) is 2.99. The summed E-state index contributed by atoms with van der Waals surface area (Å²) < 4.78 is 0. The van der Waals surface area contributed by atoms with E-state index in [1.165, 1.54) is 21.2 Å². The monoisotopic (exact) mass is 175 g/mol. The van der Waals surface area contributed by atoms with E-state index >= 15 is 0 Å². The number of aryl methyl sites for hydroxylation is 2. The smallest absolute Gasteiger partial charge is 0.0530 e. The van der Waals surface area contributed by atoms with Crippen LogP contribution in [0.1, 0.15) is 17.4 Å². The van der Waals surface area contributed by atoms with Gasteiger partial charge in [-0.05, 0) is 24.3 Å². The second-order valence-corrected chi connectivity index (χ2v) is 4.01. The average molecular weight is 175 g/mol. The molecule has 0 saturated heterocycles. The zero-order chi connectivity index (χ0) is 8.55. The number of fused-ring (bicyclic) bond motifs is 1. The summed E-state index contributed by atoms with van der Waals surface area (Å²) in [5.41, 5.74) is 1.41. The van der Waals surface area contributed by atoms with Gasteiger partial charge in [0.2, 0.25) is 0 Å². The molecule has 1 heteroatoms. The van der Waals surface area contributed by atoms with E-state index in [0.717, 1.165) is 6.42 Å².